The minimum absolute atomic E-state index is 0.197. The number of carbonyl (C=O) groups is 1. The fourth-order valence-corrected chi connectivity index (χ4v) is 4.36. The smallest absolute Gasteiger partial charge is 0.223 e. The van der Waals surface area contributed by atoms with Gasteiger partial charge in [-0.15, -0.1) is 10.2 Å². The van der Waals surface area contributed by atoms with Gasteiger partial charge < -0.3 is 9.88 Å². The number of amides is 1. The van der Waals surface area contributed by atoms with Gasteiger partial charge in [0.2, 0.25) is 5.91 Å². The Morgan fingerprint density at radius 3 is 2.88 bits per heavy atom. The van der Waals surface area contributed by atoms with Gasteiger partial charge >= 0.3 is 0 Å². The predicted octanol–water partition coefficient (Wildman–Crippen LogP) is 4.00. The minimum Gasteiger partial charge on any atom is -0.355 e. The number of carbonyl (C=O) groups excluding carboxylic acids is 1. The standard InChI is InChI=1S/C19H25ClN4OS/c1-24-17(10-11-21-18(25)15-7-3-2-4-8-15)22-23-19(24)26-13-14-6-5-9-16(20)12-14/h5-6,9,12,15H,2-4,7-8,10-11,13H2,1H3,(H,21,25). The van der Waals surface area contributed by atoms with Gasteiger partial charge in [-0.2, -0.15) is 0 Å². The highest BCUT2D eigenvalue weighted by atomic mass is 35.5. The molecule has 1 saturated carbocycles. The van der Waals surface area contributed by atoms with E-state index in [1.54, 1.807) is 11.8 Å². The first kappa shape index (κ1) is 19.2. The molecule has 0 aliphatic heterocycles. The summed E-state index contributed by atoms with van der Waals surface area (Å²) in [6, 6.07) is 7.84. The van der Waals surface area contributed by atoms with E-state index in [1.807, 2.05) is 29.8 Å². The first-order valence-electron chi connectivity index (χ1n) is 9.16. The number of nitrogens with zero attached hydrogens (tertiary/aromatic N) is 3. The van der Waals surface area contributed by atoms with Crippen LogP contribution in [-0.2, 0) is 24.0 Å². The van der Waals surface area contributed by atoms with Crippen molar-refractivity contribution in [1.29, 1.82) is 0 Å². The van der Waals surface area contributed by atoms with E-state index in [0.717, 1.165) is 40.2 Å². The van der Waals surface area contributed by atoms with E-state index < -0.39 is 0 Å². The van der Waals surface area contributed by atoms with E-state index in [9.17, 15) is 4.79 Å². The van der Waals surface area contributed by atoms with Crippen molar-refractivity contribution in [1.82, 2.24) is 20.1 Å². The zero-order valence-corrected chi connectivity index (χ0v) is 16.7. The molecule has 0 atom stereocenters. The molecule has 2 aromatic rings. The van der Waals surface area contributed by atoms with Crippen LogP contribution in [0.15, 0.2) is 29.4 Å². The maximum Gasteiger partial charge on any atom is 0.223 e. The van der Waals surface area contributed by atoms with Crippen LogP contribution in [0.3, 0.4) is 0 Å². The highest BCUT2D eigenvalue weighted by Crippen LogP contribution is 2.24. The molecule has 7 heteroatoms. The molecule has 0 saturated heterocycles. The van der Waals surface area contributed by atoms with Crippen LogP contribution in [0.4, 0.5) is 0 Å². The van der Waals surface area contributed by atoms with E-state index in [-0.39, 0.29) is 11.8 Å². The normalized spacial score (nSPS) is 15.2. The van der Waals surface area contributed by atoms with Crippen molar-refractivity contribution < 1.29 is 4.79 Å². The highest BCUT2D eigenvalue weighted by molar-refractivity contribution is 7.98. The molecule has 1 amide bonds. The Morgan fingerprint density at radius 2 is 2.12 bits per heavy atom. The van der Waals surface area contributed by atoms with Crippen molar-refractivity contribution in [2.45, 2.75) is 49.4 Å². The van der Waals surface area contributed by atoms with Gasteiger partial charge in [0.25, 0.3) is 0 Å². The van der Waals surface area contributed by atoms with Gasteiger partial charge in [0, 0.05) is 36.7 Å². The number of rotatable bonds is 7. The molecule has 0 unspecified atom stereocenters. The molecule has 1 aromatic heterocycles. The van der Waals surface area contributed by atoms with Gasteiger partial charge in [-0.25, -0.2) is 0 Å². The van der Waals surface area contributed by atoms with Crippen molar-refractivity contribution in [3.63, 3.8) is 0 Å². The minimum atomic E-state index is 0.197. The number of benzene rings is 1. The molecule has 140 valence electrons. The van der Waals surface area contributed by atoms with Crippen LogP contribution in [0, 0.1) is 5.92 Å². The highest BCUT2D eigenvalue weighted by Gasteiger charge is 2.20. The summed E-state index contributed by atoms with van der Waals surface area (Å²) in [5.41, 5.74) is 1.16. The van der Waals surface area contributed by atoms with Gasteiger partial charge in [-0.05, 0) is 30.5 Å². The maximum absolute atomic E-state index is 12.2. The molecule has 1 N–H and O–H groups in total. The topological polar surface area (TPSA) is 59.8 Å². The van der Waals surface area contributed by atoms with Crippen LogP contribution < -0.4 is 5.32 Å². The van der Waals surface area contributed by atoms with Crippen LogP contribution in [-0.4, -0.2) is 27.2 Å². The second-order valence-electron chi connectivity index (χ2n) is 6.75. The lowest BCUT2D eigenvalue weighted by atomic mass is 9.89. The van der Waals surface area contributed by atoms with Crippen LogP contribution in [0.2, 0.25) is 5.02 Å². The third-order valence-corrected chi connectivity index (χ3v) is 6.13. The summed E-state index contributed by atoms with van der Waals surface area (Å²) in [4.78, 5) is 12.2. The molecule has 1 heterocycles. The van der Waals surface area contributed by atoms with Gasteiger partial charge in [-0.1, -0.05) is 54.8 Å². The fraction of sp³-hybridized carbons (Fsp3) is 0.526. The average Bonchev–Trinajstić information content (AvgIpc) is 3.01. The molecule has 3 rings (SSSR count). The van der Waals surface area contributed by atoms with Gasteiger partial charge in [0.15, 0.2) is 5.16 Å². The average molecular weight is 393 g/mol. The molecule has 0 spiro atoms. The molecule has 0 bridgehead atoms. The Balaban J connectivity index is 1.46. The summed E-state index contributed by atoms with van der Waals surface area (Å²) >= 11 is 7.66. The van der Waals surface area contributed by atoms with Gasteiger partial charge in [-0.3, -0.25) is 4.79 Å². The Kier molecular flexibility index (Phi) is 6.97. The van der Waals surface area contributed by atoms with Crippen molar-refractivity contribution in [2.75, 3.05) is 6.54 Å². The Labute approximate surface area is 163 Å². The summed E-state index contributed by atoms with van der Waals surface area (Å²) < 4.78 is 2.00. The molecular formula is C19H25ClN4OS. The van der Waals surface area contributed by atoms with E-state index in [2.05, 4.69) is 21.6 Å². The molecule has 1 aromatic carbocycles. The number of hydrogen-bond acceptors (Lipinski definition) is 4. The fourth-order valence-electron chi connectivity index (χ4n) is 3.27. The van der Waals surface area contributed by atoms with Crippen molar-refractivity contribution in [2.24, 2.45) is 13.0 Å². The molecule has 26 heavy (non-hydrogen) atoms. The van der Waals surface area contributed by atoms with Crippen LogP contribution in [0.5, 0.6) is 0 Å². The molecule has 1 fully saturated rings. The zero-order chi connectivity index (χ0) is 18.4. The monoisotopic (exact) mass is 392 g/mol. The summed E-state index contributed by atoms with van der Waals surface area (Å²) in [5, 5.41) is 13.2. The van der Waals surface area contributed by atoms with E-state index in [1.165, 1.54) is 19.3 Å². The third-order valence-electron chi connectivity index (χ3n) is 4.81. The maximum atomic E-state index is 12.2. The second kappa shape index (κ2) is 9.42. The van der Waals surface area contributed by atoms with Crippen LogP contribution in [0.25, 0.3) is 0 Å². The first-order valence-corrected chi connectivity index (χ1v) is 10.5. The van der Waals surface area contributed by atoms with Crippen molar-refractivity contribution in [3.8, 4) is 0 Å². The quantitative estimate of drug-likeness (QED) is 0.723. The molecule has 1 aliphatic rings. The van der Waals surface area contributed by atoms with Gasteiger partial charge in [0.1, 0.15) is 5.82 Å². The number of nitrogens with one attached hydrogen (secondary N) is 1. The largest absolute Gasteiger partial charge is 0.355 e. The number of hydrogen-bond donors (Lipinski definition) is 1. The zero-order valence-electron chi connectivity index (χ0n) is 15.1. The Hall–Kier alpha value is -1.53. The van der Waals surface area contributed by atoms with Crippen molar-refractivity contribution >= 4 is 29.3 Å². The van der Waals surface area contributed by atoms with Crippen LogP contribution in [0.1, 0.15) is 43.5 Å². The number of halogens is 1. The lowest BCUT2D eigenvalue weighted by Crippen LogP contribution is -2.33. The summed E-state index contributed by atoms with van der Waals surface area (Å²) in [6.07, 6.45) is 6.36. The summed E-state index contributed by atoms with van der Waals surface area (Å²) in [7, 11) is 1.97. The summed E-state index contributed by atoms with van der Waals surface area (Å²) in [6.45, 7) is 0.611. The Morgan fingerprint density at radius 1 is 1.31 bits per heavy atom. The van der Waals surface area contributed by atoms with Gasteiger partial charge in [0.05, 0.1) is 0 Å². The Bertz CT molecular complexity index is 743. The van der Waals surface area contributed by atoms with Crippen LogP contribution >= 0.6 is 23.4 Å². The molecule has 5 nitrogen and oxygen atoms in total. The second-order valence-corrected chi connectivity index (χ2v) is 8.13. The van der Waals surface area contributed by atoms with E-state index in [0.29, 0.717) is 13.0 Å². The number of aromatic nitrogens is 3. The predicted molar refractivity (Wildman–Crippen MR) is 105 cm³/mol. The first-order chi connectivity index (χ1) is 12.6. The lowest BCUT2D eigenvalue weighted by Gasteiger charge is -2.20. The number of thioether (sulfide) groups is 1. The van der Waals surface area contributed by atoms with E-state index >= 15 is 0 Å². The molecule has 1 aliphatic carbocycles. The summed E-state index contributed by atoms with van der Waals surface area (Å²) in [5.74, 6) is 2.09. The third kappa shape index (κ3) is 5.24. The molecule has 0 radical (unpaired) electrons. The van der Waals surface area contributed by atoms with Crippen molar-refractivity contribution in [3.05, 3.63) is 40.7 Å². The SMILES string of the molecule is Cn1c(CCNC(=O)C2CCCCC2)nnc1SCc1cccc(Cl)c1. The van der Waals surface area contributed by atoms with E-state index in [4.69, 9.17) is 11.6 Å². The molecular weight excluding hydrogens is 368 g/mol. The lowest BCUT2D eigenvalue weighted by molar-refractivity contribution is -0.125.